The fourth-order valence-electron chi connectivity index (χ4n) is 2.63. The van der Waals surface area contributed by atoms with E-state index >= 15 is 0 Å². The van der Waals surface area contributed by atoms with Gasteiger partial charge in [0.1, 0.15) is 16.8 Å². The Morgan fingerprint density at radius 2 is 2.14 bits per heavy atom. The van der Waals surface area contributed by atoms with E-state index in [9.17, 15) is 14.4 Å². The third-order valence-electron chi connectivity index (χ3n) is 3.72. The van der Waals surface area contributed by atoms with Crippen LogP contribution in [0.3, 0.4) is 0 Å². The van der Waals surface area contributed by atoms with Gasteiger partial charge in [-0.15, -0.1) is 0 Å². The molecule has 2 aromatic rings. The van der Waals surface area contributed by atoms with Crippen molar-refractivity contribution < 1.29 is 9.59 Å². The Bertz CT molecular complexity index is 791. The lowest BCUT2D eigenvalue weighted by atomic mass is 10.2. The Balaban J connectivity index is 1.82. The van der Waals surface area contributed by atoms with E-state index in [1.54, 1.807) is 0 Å². The van der Waals surface area contributed by atoms with Crippen LogP contribution in [0.25, 0.3) is 10.2 Å². The molecule has 2 aromatic heterocycles. The predicted molar refractivity (Wildman–Crippen MR) is 80.6 cm³/mol. The van der Waals surface area contributed by atoms with Gasteiger partial charge in [-0.1, -0.05) is 12.8 Å². The van der Waals surface area contributed by atoms with E-state index in [2.05, 4.69) is 14.7 Å². The second-order valence-electron chi connectivity index (χ2n) is 5.30. The molecule has 3 rings (SSSR count). The summed E-state index contributed by atoms with van der Waals surface area (Å²) in [5.41, 5.74) is 4.96. The highest BCUT2D eigenvalue weighted by molar-refractivity contribution is 7.13. The SMILES string of the molecule is NC(=O)c1nsc2c(=O)n(CC(=O)NC3CCCC3)cnc12. The number of carbonyl (C=O) groups is 2. The maximum Gasteiger partial charge on any atom is 0.273 e. The molecular weight excluding hydrogens is 306 g/mol. The Morgan fingerprint density at radius 3 is 2.82 bits per heavy atom. The van der Waals surface area contributed by atoms with Crippen molar-refractivity contribution in [3.63, 3.8) is 0 Å². The number of nitrogens with one attached hydrogen (secondary N) is 1. The summed E-state index contributed by atoms with van der Waals surface area (Å²) in [6, 6.07) is 0.199. The number of hydrogen-bond donors (Lipinski definition) is 2. The minimum atomic E-state index is -0.727. The van der Waals surface area contributed by atoms with Crippen LogP contribution >= 0.6 is 11.5 Å². The maximum absolute atomic E-state index is 12.3. The van der Waals surface area contributed by atoms with E-state index in [1.807, 2.05) is 0 Å². The molecule has 0 unspecified atom stereocenters. The van der Waals surface area contributed by atoms with Gasteiger partial charge in [-0.3, -0.25) is 19.0 Å². The zero-order valence-corrected chi connectivity index (χ0v) is 12.6. The fourth-order valence-corrected chi connectivity index (χ4v) is 3.42. The summed E-state index contributed by atoms with van der Waals surface area (Å²) in [5.74, 6) is -0.940. The molecule has 116 valence electrons. The molecule has 3 N–H and O–H groups in total. The first-order valence-corrected chi connectivity index (χ1v) is 7.77. The predicted octanol–water partition coefficient (Wildman–Crippen LogP) is 0.0107. The second-order valence-corrected chi connectivity index (χ2v) is 6.07. The first kappa shape index (κ1) is 14.6. The van der Waals surface area contributed by atoms with Crippen LogP contribution in [0.4, 0.5) is 0 Å². The first-order chi connectivity index (χ1) is 10.6. The van der Waals surface area contributed by atoms with Crippen LogP contribution < -0.4 is 16.6 Å². The summed E-state index contributed by atoms with van der Waals surface area (Å²) in [5, 5.41) is 2.91. The third-order valence-corrected chi connectivity index (χ3v) is 4.54. The summed E-state index contributed by atoms with van der Waals surface area (Å²) < 4.78 is 5.29. The summed E-state index contributed by atoms with van der Waals surface area (Å²) in [4.78, 5) is 39.5. The van der Waals surface area contributed by atoms with Crippen LogP contribution in [0.2, 0.25) is 0 Å². The molecule has 1 fully saturated rings. The Kier molecular flexibility index (Phi) is 3.88. The van der Waals surface area contributed by atoms with Crippen LogP contribution in [0.1, 0.15) is 36.2 Å². The van der Waals surface area contributed by atoms with Crippen LogP contribution in [0, 0.1) is 0 Å². The summed E-state index contributed by atoms with van der Waals surface area (Å²) in [7, 11) is 0. The van der Waals surface area contributed by atoms with E-state index in [0.29, 0.717) is 0 Å². The average molecular weight is 321 g/mol. The van der Waals surface area contributed by atoms with Gasteiger partial charge in [-0.2, -0.15) is 4.37 Å². The van der Waals surface area contributed by atoms with E-state index < -0.39 is 11.5 Å². The Labute approximate surface area is 129 Å². The van der Waals surface area contributed by atoms with Crippen LogP contribution in [-0.2, 0) is 11.3 Å². The minimum Gasteiger partial charge on any atom is -0.364 e. The molecule has 0 saturated heterocycles. The quantitative estimate of drug-likeness (QED) is 0.822. The molecule has 1 aliphatic carbocycles. The van der Waals surface area contributed by atoms with Gasteiger partial charge in [0.2, 0.25) is 5.91 Å². The van der Waals surface area contributed by atoms with Gasteiger partial charge in [0.05, 0.1) is 6.33 Å². The minimum absolute atomic E-state index is 0.0142. The van der Waals surface area contributed by atoms with Gasteiger partial charge in [0.25, 0.3) is 11.5 Å². The van der Waals surface area contributed by atoms with Crippen molar-refractivity contribution in [3.05, 3.63) is 22.4 Å². The van der Waals surface area contributed by atoms with E-state index in [-0.39, 0.29) is 34.4 Å². The standard InChI is InChI=1S/C13H15N5O3S/c14-12(20)10-9-11(22-17-10)13(21)18(6-15-9)5-8(19)16-7-3-1-2-4-7/h6-7H,1-5H2,(H2,14,20)(H,16,19). The van der Waals surface area contributed by atoms with Crippen molar-refractivity contribution in [1.29, 1.82) is 0 Å². The number of carbonyl (C=O) groups excluding carboxylic acids is 2. The van der Waals surface area contributed by atoms with Crippen molar-refractivity contribution in [2.24, 2.45) is 5.73 Å². The van der Waals surface area contributed by atoms with Crippen LogP contribution in [0.5, 0.6) is 0 Å². The number of aromatic nitrogens is 3. The molecule has 1 saturated carbocycles. The van der Waals surface area contributed by atoms with Gasteiger partial charge in [0, 0.05) is 6.04 Å². The largest absolute Gasteiger partial charge is 0.364 e. The number of nitrogens with zero attached hydrogens (tertiary/aromatic N) is 3. The van der Waals surface area contributed by atoms with E-state index in [1.165, 1.54) is 10.9 Å². The zero-order valence-electron chi connectivity index (χ0n) is 11.7. The fraction of sp³-hybridized carbons (Fsp3) is 0.462. The van der Waals surface area contributed by atoms with Gasteiger partial charge < -0.3 is 11.1 Å². The smallest absolute Gasteiger partial charge is 0.273 e. The molecule has 9 heteroatoms. The molecule has 1 aliphatic rings. The zero-order chi connectivity index (χ0) is 15.7. The van der Waals surface area contributed by atoms with Crippen molar-refractivity contribution in [2.75, 3.05) is 0 Å². The molecule has 2 amide bonds. The summed E-state index contributed by atoms with van der Waals surface area (Å²) >= 11 is 0.865. The maximum atomic E-state index is 12.3. The highest BCUT2D eigenvalue weighted by Gasteiger charge is 2.19. The second kappa shape index (κ2) is 5.84. The number of nitrogens with two attached hydrogens (primary N) is 1. The summed E-state index contributed by atoms with van der Waals surface area (Å²) in [6.07, 6.45) is 5.45. The highest BCUT2D eigenvalue weighted by atomic mass is 32.1. The molecule has 0 atom stereocenters. The molecular formula is C13H15N5O3S. The monoisotopic (exact) mass is 321 g/mol. The lowest BCUT2D eigenvalue weighted by molar-refractivity contribution is -0.122. The lowest BCUT2D eigenvalue weighted by Gasteiger charge is -2.12. The normalized spacial score (nSPS) is 15.3. The highest BCUT2D eigenvalue weighted by Crippen LogP contribution is 2.18. The molecule has 0 radical (unpaired) electrons. The topological polar surface area (TPSA) is 120 Å². The molecule has 0 bridgehead atoms. The number of hydrogen-bond acceptors (Lipinski definition) is 6. The number of fused-ring (bicyclic) bond motifs is 1. The van der Waals surface area contributed by atoms with Crippen molar-refractivity contribution in [3.8, 4) is 0 Å². The van der Waals surface area contributed by atoms with Crippen molar-refractivity contribution in [1.82, 2.24) is 19.2 Å². The van der Waals surface area contributed by atoms with Crippen LogP contribution in [-0.4, -0.2) is 31.8 Å². The number of primary amides is 1. The number of rotatable bonds is 4. The van der Waals surface area contributed by atoms with E-state index in [0.717, 1.165) is 37.2 Å². The molecule has 8 nitrogen and oxygen atoms in total. The number of amides is 2. The van der Waals surface area contributed by atoms with Crippen molar-refractivity contribution in [2.45, 2.75) is 38.3 Å². The summed E-state index contributed by atoms with van der Waals surface area (Å²) in [6.45, 7) is -0.0952. The van der Waals surface area contributed by atoms with Gasteiger partial charge in [-0.05, 0) is 24.4 Å². The Hall–Kier alpha value is -2.29. The molecule has 22 heavy (non-hydrogen) atoms. The van der Waals surface area contributed by atoms with Crippen LogP contribution in [0.15, 0.2) is 11.1 Å². The van der Waals surface area contributed by atoms with E-state index in [4.69, 9.17) is 5.73 Å². The molecule has 0 aliphatic heterocycles. The molecule has 0 spiro atoms. The van der Waals surface area contributed by atoms with Gasteiger partial charge >= 0.3 is 0 Å². The van der Waals surface area contributed by atoms with Gasteiger partial charge in [0.15, 0.2) is 5.69 Å². The third kappa shape index (κ3) is 2.71. The average Bonchev–Trinajstić information content (AvgIpc) is 3.10. The molecule has 2 heterocycles. The first-order valence-electron chi connectivity index (χ1n) is 7.00. The Morgan fingerprint density at radius 1 is 1.41 bits per heavy atom. The molecule has 0 aromatic carbocycles. The lowest BCUT2D eigenvalue weighted by Crippen LogP contribution is -2.37. The van der Waals surface area contributed by atoms with Crippen molar-refractivity contribution >= 4 is 33.6 Å². The van der Waals surface area contributed by atoms with Gasteiger partial charge in [-0.25, -0.2) is 4.98 Å².